The van der Waals surface area contributed by atoms with Crippen LogP contribution < -0.4 is 10.1 Å². The van der Waals surface area contributed by atoms with Crippen LogP contribution in [0.1, 0.15) is 5.56 Å². The van der Waals surface area contributed by atoms with Gasteiger partial charge in [0.15, 0.2) is 0 Å². The summed E-state index contributed by atoms with van der Waals surface area (Å²) in [6, 6.07) is 25.2. The van der Waals surface area contributed by atoms with Crippen molar-refractivity contribution in [2.45, 2.75) is 6.92 Å². The van der Waals surface area contributed by atoms with E-state index in [-0.39, 0.29) is 6.03 Å². The number of carbonyl (C=O) groups excluding carboxylic acids is 1. The van der Waals surface area contributed by atoms with Crippen molar-refractivity contribution in [2.24, 2.45) is 0 Å². The van der Waals surface area contributed by atoms with Gasteiger partial charge in [-0.15, -0.1) is 0 Å². The predicted molar refractivity (Wildman–Crippen MR) is 110 cm³/mol. The fourth-order valence-electron chi connectivity index (χ4n) is 3.23. The minimum Gasteiger partial charge on any atom is -0.497 e. The van der Waals surface area contributed by atoms with Gasteiger partial charge < -0.3 is 10.1 Å². The molecule has 1 amide bonds. The number of nitrogens with zero attached hydrogens (tertiary/aromatic N) is 1. The topological polar surface area (TPSA) is 43.3 Å². The van der Waals surface area contributed by atoms with E-state index in [1.807, 2.05) is 66.7 Å². The van der Waals surface area contributed by atoms with Crippen LogP contribution in [-0.4, -0.2) is 17.7 Å². The van der Waals surface area contributed by atoms with Gasteiger partial charge in [0.1, 0.15) is 5.75 Å². The van der Waals surface area contributed by atoms with Crippen molar-refractivity contribution >= 4 is 22.6 Å². The van der Waals surface area contributed by atoms with E-state index in [2.05, 4.69) is 24.4 Å². The van der Waals surface area contributed by atoms with Crippen molar-refractivity contribution in [3.05, 3.63) is 84.4 Å². The number of rotatable bonds is 3. The minimum absolute atomic E-state index is 0.196. The van der Waals surface area contributed by atoms with E-state index >= 15 is 0 Å². The number of ether oxygens (including phenoxy) is 1. The van der Waals surface area contributed by atoms with Gasteiger partial charge in [0.2, 0.25) is 0 Å². The van der Waals surface area contributed by atoms with Crippen LogP contribution in [0.2, 0.25) is 0 Å². The van der Waals surface area contributed by atoms with Gasteiger partial charge in [-0.3, -0.25) is 4.57 Å². The molecule has 0 spiro atoms. The second kappa shape index (κ2) is 7.00. The predicted octanol–water partition coefficient (Wildman–Crippen LogP) is 5.71. The first kappa shape index (κ1) is 16.9. The van der Waals surface area contributed by atoms with Crippen molar-refractivity contribution in [3.63, 3.8) is 0 Å². The van der Waals surface area contributed by atoms with Crippen molar-refractivity contribution in [1.82, 2.24) is 4.57 Å². The van der Waals surface area contributed by atoms with Crippen molar-refractivity contribution < 1.29 is 9.53 Å². The third-order valence-electron chi connectivity index (χ3n) is 4.57. The lowest BCUT2D eigenvalue weighted by Gasteiger charge is -2.12. The lowest BCUT2D eigenvalue weighted by molar-refractivity contribution is 0.254. The summed E-state index contributed by atoms with van der Waals surface area (Å²) in [6.07, 6.45) is 0. The van der Waals surface area contributed by atoms with Crippen LogP contribution in [0.15, 0.2) is 78.9 Å². The van der Waals surface area contributed by atoms with E-state index in [9.17, 15) is 4.79 Å². The summed E-state index contributed by atoms with van der Waals surface area (Å²) in [5.41, 5.74) is 4.62. The Balaban J connectivity index is 1.79. The molecule has 0 unspecified atom stereocenters. The fraction of sp³-hybridized carbons (Fsp3) is 0.0870. The molecule has 0 radical (unpaired) electrons. The Labute approximate surface area is 158 Å². The molecule has 0 saturated carbocycles. The summed E-state index contributed by atoms with van der Waals surface area (Å²) >= 11 is 0. The number of benzene rings is 3. The van der Waals surface area contributed by atoms with Gasteiger partial charge in [-0.25, -0.2) is 4.79 Å². The second-order valence-electron chi connectivity index (χ2n) is 6.45. The first-order valence-corrected chi connectivity index (χ1v) is 8.78. The lowest BCUT2D eigenvalue weighted by atomic mass is 10.1. The number of aryl methyl sites for hydroxylation is 1. The molecule has 1 N–H and O–H groups in total. The number of anilines is 1. The van der Waals surface area contributed by atoms with Crippen LogP contribution in [0.4, 0.5) is 10.5 Å². The molecule has 1 heterocycles. The Morgan fingerprint density at radius 1 is 0.926 bits per heavy atom. The Hall–Kier alpha value is -3.53. The number of fused-ring (bicyclic) bond motifs is 1. The van der Waals surface area contributed by atoms with Crippen molar-refractivity contribution in [1.29, 1.82) is 0 Å². The molecule has 0 atom stereocenters. The fourth-order valence-corrected chi connectivity index (χ4v) is 3.23. The van der Waals surface area contributed by atoms with Crippen LogP contribution in [0.25, 0.3) is 22.2 Å². The summed E-state index contributed by atoms with van der Waals surface area (Å²) in [7, 11) is 1.62. The highest BCUT2D eigenvalue weighted by atomic mass is 16.5. The summed E-state index contributed by atoms with van der Waals surface area (Å²) in [6.45, 7) is 2.05. The Kier molecular flexibility index (Phi) is 4.38. The van der Waals surface area contributed by atoms with E-state index in [4.69, 9.17) is 4.74 Å². The van der Waals surface area contributed by atoms with Gasteiger partial charge in [0.25, 0.3) is 0 Å². The number of amides is 1. The van der Waals surface area contributed by atoms with Gasteiger partial charge in [0.05, 0.1) is 18.3 Å². The zero-order chi connectivity index (χ0) is 18.8. The number of hydrogen-bond donors (Lipinski definition) is 1. The smallest absolute Gasteiger partial charge is 0.330 e. The quantitative estimate of drug-likeness (QED) is 0.511. The van der Waals surface area contributed by atoms with E-state index in [1.54, 1.807) is 11.7 Å². The molecule has 0 aliphatic heterocycles. The minimum atomic E-state index is -0.196. The van der Waals surface area contributed by atoms with E-state index in [0.717, 1.165) is 33.5 Å². The van der Waals surface area contributed by atoms with Gasteiger partial charge in [-0.2, -0.15) is 0 Å². The van der Waals surface area contributed by atoms with E-state index in [1.165, 1.54) is 0 Å². The van der Waals surface area contributed by atoms with Crippen molar-refractivity contribution in [2.75, 3.05) is 12.4 Å². The molecule has 0 saturated heterocycles. The highest BCUT2D eigenvalue weighted by molar-refractivity contribution is 6.03. The maximum Gasteiger partial charge on any atom is 0.330 e. The summed E-state index contributed by atoms with van der Waals surface area (Å²) < 4.78 is 6.90. The zero-order valence-corrected chi connectivity index (χ0v) is 15.3. The second-order valence-corrected chi connectivity index (χ2v) is 6.45. The summed E-state index contributed by atoms with van der Waals surface area (Å²) in [5, 5.41) is 4.02. The molecule has 3 aromatic carbocycles. The highest BCUT2D eigenvalue weighted by Gasteiger charge is 2.16. The SMILES string of the molecule is COc1ccc(NC(=O)n2c(-c3ccccc3)cc3cc(C)ccc32)cc1. The molecule has 4 rings (SSSR count). The molecule has 134 valence electrons. The summed E-state index contributed by atoms with van der Waals surface area (Å²) in [5.74, 6) is 0.750. The molecule has 27 heavy (non-hydrogen) atoms. The molecular formula is C23H20N2O2. The third-order valence-corrected chi connectivity index (χ3v) is 4.57. The number of hydrogen-bond acceptors (Lipinski definition) is 2. The molecule has 4 aromatic rings. The standard InChI is InChI=1S/C23H20N2O2/c1-16-8-13-21-18(14-16)15-22(17-6-4-3-5-7-17)25(21)23(26)24-19-9-11-20(27-2)12-10-19/h3-15H,1-2H3,(H,24,26). The van der Waals surface area contributed by atoms with Crippen LogP contribution in [0.5, 0.6) is 5.75 Å². The normalized spacial score (nSPS) is 10.7. The molecule has 1 aromatic heterocycles. The Morgan fingerprint density at radius 3 is 2.37 bits per heavy atom. The zero-order valence-electron chi connectivity index (χ0n) is 15.3. The van der Waals surface area contributed by atoms with E-state index in [0.29, 0.717) is 5.69 Å². The molecule has 4 nitrogen and oxygen atoms in total. The maximum absolute atomic E-state index is 13.1. The number of carbonyl (C=O) groups is 1. The van der Waals surface area contributed by atoms with Crippen LogP contribution in [0, 0.1) is 6.92 Å². The van der Waals surface area contributed by atoms with E-state index < -0.39 is 0 Å². The van der Waals surface area contributed by atoms with Gasteiger partial charge >= 0.3 is 6.03 Å². The highest BCUT2D eigenvalue weighted by Crippen LogP contribution is 2.29. The first-order chi connectivity index (χ1) is 13.2. The van der Waals surface area contributed by atoms with Gasteiger partial charge in [0, 0.05) is 11.1 Å². The van der Waals surface area contributed by atoms with Crippen molar-refractivity contribution in [3.8, 4) is 17.0 Å². The molecule has 0 aliphatic carbocycles. The number of nitrogens with one attached hydrogen (secondary N) is 1. The largest absolute Gasteiger partial charge is 0.497 e. The Morgan fingerprint density at radius 2 is 1.67 bits per heavy atom. The molecular weight excluding hydrogens is 336 g/mol. The maximum atomic E-state index is 13.1. The molecule has 0 aliphatic rings. The monoisotopic (exact) mass is 356 g/mol. The Bertz CT molecular complexity index is 1100. The molecule has 4 heteroatoms. The number of aromatic nitrogens is 1. The molecule has 0 bridgehead atoms. The first-order valence-electron chi connectivity index (χ1n) is 8.78. The average molecular weight is 356 g/mol. The van der Waals surface area contributed by atoms with Crippen LogP contribution in [0.3, 0.4) is 0 Å². The van der Waals surface area contributed by atoms with Crippen LogP contribution >= 0.6 is 0 Å². The average Bonchev–Trinajstić information content (AvgIpc) is 3.08. The van der Waals surface area contributed by atoms with Gasteiger partial charge in [-0.1, -0.05) is 42.0 Å². The summed E-state index contributed by atoms with van der Waals surface area (Å²) in [4.78, 5) is 13.1. The third kappa shape index (κ3) is 3.29. The lowest BCUT2D eigenvalue weighted by Crippen LogP contribution is -2.20. The van der Waals surface area contributed by atoms with Crippen LogP contribution in [-0.2, 0) is 0 Å². The number of methoxy groups -OCH3 is 1. The molecule has 0 fully saturated rings. The van der Waals surface area contributed by atoms with Gasteiger partial charge in [-0.05, 0) is 55.0 Å².